The van der Waals surface area contributed by atoms with Crippen molar-refractivity contribution in [1.29, 1.82) is 5.26 Å². The van der Waals surface area contributed by atoms with E-state index in [0.717, 1.165) is 0 Å². The normalized spacial score (nSPS) is 9.50. The van der Waals surface area contributed by atoms with Crippen molar-refractivity contribution in [3.05, 3.63) is 32.1 Å². The Morgan fingerprint density at radius 3 is 2.83 bits per heavy atom. The summed E-state index contributed by atoms with van der Waals surface area (Å²) in [7, 11) is 0. The fraction of sp³-hybridized carbons (Fsp3) is 0.125. The second kappa shape index (κ2) is 4.06. The van der Waals surface area contributed by atoms with Gasteiger partial charge in [0, 0.05) is 9.13 Å². The molecule has 0 amide bonds. The van der Waals surface area contributed by atoms with E-state index in [2.05, 4.69) is 0 Å². The molecule has 1 aromatic carbocycles. The Labute approximate surface area is 88.3 Å². The Balaban J connectivity index is 3.16. The van der Waals surface area contributed by atoms with Crippen molar-refractivity contribution >= 4 is 34.2 Å². The summed E-state index contributed by atoms with van der Waals surface area (Å²) in [5, 5.41) is 8.83. The molecule has 62 valence electrons. The molecule has 1 aromatic rings. The molecule has 0 aliphatic rings. The zero-order chi connectivity index (χ0) is 9.14. The van der Waals surface area contributed by atoms with Crippen LogP contribution in [0.25, 0.3) is 0 Å². The molecule has 1 rings (SSSR count). The van der Waals surface area contributed by atoms with Gasteiger partial charge in [0.05, 0.1) is 17.5 Å². The molecule has 0 aliphatic carbocycles. The molecular weight excluding hydrogens is 291 g/mol. The van der Waals surface area contributed by atoms with Crippen LogP contribution in [-0.2, 0) is 6.42 Å². The Morgan fingerprint density at radius 2 is 2.25 bits per heavy atom. The molecule has 0 atom stereocenters. The molecule has 1 nitrogen and oxygen atoms in total. The molecule has 0 spiro atoms. The van der Waals surface area contributed by atoms with Crippen molar-refractivity contribution < 1.29 is 4.39 Å². The summed E-state index contributed by atoms with van der Waals surface area (Å²) in [4.78, 5) is 0. The molecule has 0 fully saturated rings. The van der Waals surface area contributed by atoms with Crippen LogP contribution in [0.3, 0.4) is 0 Å². The van der Waals surface area contributed by atoms with Crippen molar-refractivity contribution in [2.75, 3.05) is 0 Å². The maximum absolute atomic E-state index is 13.0. The van der Waals surface area contributed by atoms with Gasteiger partial charge in [-0.15, -0.1) is 0 Å². The third-order valence-corrected chi connectivity index (χ3v) is 2.88. The molecule has 0 saturated heterocycles. The average molecular weight is 295 g/mol. The van der Waals surface area contributed by atoms with E-state index in [9.17, 15) is 4.39 Å². The number of nitriles is 1. The first-order valence-electron chi connectivity index (χ1n) is 3.15. The first kappa shape index (κ1) is 9.75. The number of hydrogen-bond acceptors (Lipinski definition) is 1. The van der Waals surface area contributed by atoms with Gasteiger partial charge in [0.15, 0.2) is 0 Å². The van der Waals surface area contributed by atoms with Gasteiger partial charge in [-0.05, 0) is 34.7 Å². The SMILES string of the molecule is N#CCc1cc(Cl)c(I)cc1F. The standard InChI is InChI=1S/C8H4ClFIN/c9-6-3-5(1-2-12)7(10)4-8(6)11/h3-4H,1H2. The van der Waals surface area contributed by atoms with Gasteiger partial charge in [-0.25, -0.2) is 4.39 Å². The second-order valence-corrected chi connectivity index (χ2v) is 3.76. The topological polar surface area (TPSA) is 23.8 Å². The minimum absolute atomic E-state index is 0.0580. The van der Waals surface area contributed by atoms with Crippen LogP contribution in [0.4, 0.5) is 4.39 Å². The summed E-state index contributed by atoms with van der Waals surface area (Å²) in [5.41, 5.74) is 0.350. The van der Waals surface area contributed by atoms with Gasteiger partial charge >= 0.3 is 0 Å². The predicted molar refractivity (Wildman–Crippen MR) is 53.4 cm³/mol. The monoisotopic (exact) mass is 295 g/mol. The van der Waals surface area contributed by atoms with E-state index < -0.39 is 0 Å². The molecule has 0 aromatic heterocycles. The Hall–Kier alpha value is -0.340. The summed E-state index contributed by atoms with van der Waals surface area (Å²) in [6.45, 7) is 0. The molecule has 0 bridgehead atoms. The molecule has 12 heavy (non-hydrogen) atoms. The second-order valence-electron chi connectivity index (χ2n) is 2.19. The van der Waals surface area contributed by atoms with Gasteiger partial charge in [0.2, 0.25) is 0 Å². The van der Waals surface area contributed by atoms with Crippen LogP contribution in [-0.4, -0.2) is 0 Å². The predicted octanol–water partition coefficient (Wildman–Crippen LogP) is 3.15. The Kier molecular flexibility index (Phi) is 3.29. The zero-order valence-corrected chi connectivity index (χ0v) is 8.86. The van der Waals surface area contributed by atoms with Crippen LogP contribution in [0.15, 0.2) is 12.1 Å². The fourth-order valence-corrected chi connectivity index (χ4v) is 1.40. The van der Waals surface area contributed by atoms with E-state index in [0.29, 0.717) is 14.2 Å². The zero-order valence-electron chi connectivity index (χ0n) is 5.94. The number of benzene rings is 1. The smallest absolute Gasteiger partial charge is 0.128 e. The number of hydrogen-bond donors (Lipinski definition) is 0. The lowest BCUT2D eigenvalue weighted by molar-refractivity contribution is 0.614. The van der Waals surface area contributed by atoms with Gasteiger partial charge in [-0.2, -0.15) is 5.26 Å². The Morgan fingerprint density at radius 1 is 1.58 bits per heavy atom. The molecule has 0 unspecified atom stereocenters. The van der Waals surface area contributed by atoms with Crippen LogP contribution < -0.4 is 0 Å². The lowest BCUT2D eigenvalue weighted by atomic mass is 10.1. The van der Waals surface area contributed by atoms with Gasteiger partial charge < -0.3 is 0 Å². The summed E-state index contributed by atoms with van der Waals surface area (Å²) in [5.74, 6) is -0.370. The van der Waals surface area contributed by atoms with Gasteiger partial charge in [-0.3, -0.25) is 0 Å². The van der Waals surface area contributed by atoms with Crippen molar-refractivity contribution in [1.82, 2.24) is 0 Å². The minimum atomic E-state index is -0.370. The van der Waals surface area contributed by atoms with Crippen LogP contribution >= 0.6 is 34.2 Å². The maximum Gasteiger partial charge on any atom is 0.128 e. The molecule has 4 heteroatoms. The van der Waals surface area contributed by atoms with E-state index in [-0.39, 0.29) is 12.2 Å². The van der Waals surface area contributed by atoms with Gasteiger partial charge in [-0.1, -0.05) is 11.6 Å². The first-order valence-corrected chi connectivity index (χ1v) is 4.61. The van der Waals surface area contributed by atoms with Crippen molar-refractivity contribution in [3.8, 4) is 6.07 Å². The Bertz CT molecular complexity index is 346. The molecule has 0 radical (unpaired) electrons. The molecule has 0 N–H and O–H groups in total. The highest BCUT2D eigenvalue weighted by Crippen LogP contribution is 2.22. The number of halogens is 3. The molecule has 0 saturated carbocycles. The number of nitrogens with zero attached hydrogens (tertiary/aromatic N) is 1. The third-order valence-electron chi connectivity index (χ3n) is 1.36. The van der Waals surface area contributed by atoms with E-state index in [4.69, 9.17) is 16.9 Å². The van der Waals surface area contributed by atoms with Crippen LogP contribution in [0.5, 0.6) is 0 Å². The summed E-state index contributed by atoms with van der Waals surface area (Å²) >= 11 is 7.68. The molecule has 0 aliphatic heterocycles. The summed E-state index contributed by atoms with van der Waals surface area (Å²) in [6.07, 6.45) is 0.0580. The van der Waals surface area contributed by atoms with E-state index in [1.807, 2.05) is 28.7 Å². The van der Waals surface area contributed by atoms with Crippen LogP contribution in [0.1, 0.15) is 5.56 Å². The first-order chi connectivity index (χ1) is 5.65. The van der Waals surface area contributed by atoms with Crippen molar-refractivity contribution in [2.24, 2.45) is 0 Å². The highest BCUT2D eigenvalue weighted by molar-refractivity contribution is 14.1. The molecular formula is C8H4ClFIN. The maximum atomic E-state index is 13.0. The van der Waals surface area contributed by atoms with E-state index in [1.54, 1.807) is 0 Å². The average Bonchev–Trinajstić information content (AvgIpc) is 2.01. The number of rotatable bonds is 1. The highest BCUT2D eigenvalue weighted by Gasteiger charge is 2.05. The highest BCUT2D eigenvalue weighted by atomic mass is 127. The summed E-state index contributed by atoms with van der Waals surface area (Å²) < 4.78 is 13.7. The van der Waals surface area contributed by atoms with Crippen LogP contribution in [0, 0.1) is 20.7 Å². The van der Waals surface area contributed by atoms with E-state index in [1.165, 1.54) is 12.1 Å². The molecule has 0 heterocycles. The van der Waals surface area contributed by atoms with Gasteiger partial charge in [0.1, 0.15) is 5.82 Å². The van der Waals surface area contributed by atoms with Gasteiger partial charge in [0.25, 0.3) is 0 Å². The lowest BCUT2D eigenvalue weighted by Crippen LogP contribution is -1.90. The van der Waals surface area contributed by atoms with Crippen molar-refractivity contribution in [3.63, 3.8) is 0 Å². The quantitative estimate of drug-likeness (QED) is 0.577. The van der Waals surface area contributed by atoms with Crippen LogP contribution in [0.2, 0.25) is 5.02 Å². The lowest BCUT2D eigenvalue weighted by Gasteiger charge is -2.00. The fourth-order valence-electron chi connectivity index (χ4n) is 0.784. The minimum Gasteiger partial charge on any atom is -0.207 e. The summed E-state index contributed by atoms with van der Waals surface area (Å²) in [6, 6.07) is 4.69. The van der Waals surface area contributed by atoms with E-state index >= 15 is 0 Å². The third kappa shape index (κ3) is 2.08. The van der Waals surface area contributed by atoms with Crippen molar-refractivity contribution in [2.45, 2.75) is 6.42 Å². The largest absolute Gasteiger partial charge is 0.207 e.